The number of piperidine rings is 3. The number of hydrogen-bond donors (Lipinski definition) is 0. The van der Waals surface area contributed by atoms with Crippen LogP contribution in [0.2, 0.25) is 0 Å². The summed E-state index contributed by atoms with van der Waals surface area (Å²) in [4.78, 5) is 5.44. The van der Waals surface area contributed by atoms with Crippen molar-refractivity contribution in [2.75, 3.05) is 26.7 Å². The van der Waals surface area contributed by atoms with E-state index < -0.39 is 0 Å². The molecule has 0 N–H and O–H groups in total. The molecular weight excluding hydrogens is 268 g/mol. The van der Waals surface area contributed by atoms with Crippen molar-refractivity contribution in [3.63, 3.8) is 0 Å². The molecule has 2 heteroatoms. The van der Waals surface area contributed by atoms with Crippen molar-refractivity contribution >= 4 is 0 Å². The highest BCUT2D eigenvalue weighted by atomic mass is 15.3. The van der Waals surface area contributed by atoms with Gasteiger partial charge in [-0.05, 0) is 55.4 Å². The molecule has 0 spiro atoms. The average Bonchev–Trinajstić information content (AvgIpc) is 2.88. The molecule has 22 heavy (non-hydrogen) atoms. The Labute approximate surface area is 135 Å². The maximum absolute atomic E-state index is 2.79. The first kappa shape index (κ1) is 14.7. The van der Waals surface area contributed by atoms with Gasteiger partial charge in [0, 0.05) is 24.5 Å². The number of likely N-dealkylation sites (tertiary alicyclic amines) is 1. The lowest BCUT2D eigenvalue weighted by atomic mass is 9.75. The van der Waals surface area contributed by atoms with Gasteiger partial charge in [-0.2, -0.15) is 0 Å². The largest absolute Gasteiger partial charge is 0.301 e. The van der Waals surface area contributed by atoms with Crippen LogP contribution >= 0.6 is 0 Å². The molecule has 2 bridgehead atoms. The molecule has 4 fully saturated rings. The standard InChI is InChI=1S/C20H30N2/c1-20(2,3)16-7-5-14(6-8-16)17-13-21(4)18-15-9-11-22(12-10-15)19(17)18/h5-8,15,17-19H,9-13H2,1-4H3. The third-order valence-electron chi connectivity index (χ3n) is 6.44. The van der Waals surface area contributed by atoms with E-state index in [-0.39, 0.29) is 5.41 Å². The maximum atomic E-state index is 2.79. The van der Waals surface area contributed by atoms with E-state index >= 15 is 0 Å². The number of rotatable bonds is 1. The fraction of sp³-hybridized carbons (Fsp3) is 0.700. The number of fused-ring (bicyclic) bond motifs is 2. The lowest BCUT2D eigenvalue weighted by Gasteiger charge is -2.51. The predicted octanol–water partition coefficient (Wildman–Crippen LogP) is 3.48. The van der Waals surface area contributed by atoms with Gasteiger partial charge in [-0.15, -0.1) is 0 Å². The normalized spacial score (nSPS) is 38.3. The monoisotopic (exact) mass is 298 g/mol. The van der Waals surface area contributed by atoms with Crippen LogP contribution < -0.4 is 0 Å². The second-order valence-electron chi connectivity index (χ2n) is 8.77. The highest BCUT2D eigenvalue weighted by Crippen LogP contribution is 2.45. The van der Waals surface area contributed by atoms with Crippen molar-refractivity contribution in [3.05, 3.63) is 35.4 Å². The van der Waals surface area contributed by atoms with Gasteiger partial charge in [0.05, 0.1) is 0 Å². The van der Waals surface area contributed by atoms with Crippen LogP contribution in [0.4, 0.5) is 0 Å². The topological polar surface area (TPSA) is 6.48 Å². The van der Waals surface area contributed by atoms with Gasteiger partial charge in [-0.25, -0.2) is 0 Å². The molecule has 4 saturated heterocycles. The highest BCUT2D eigenvalue weighted by molar-refractivity contribution is 5.32. The maximum Gasteiger partial charge on any atom is 0.0335 e. The van der Waals surface area contributed by atoms with E-state index in [1.165, 1.54) is 38.0 Å². The zero-order valence-electron chi connectivity index (χ0n) is 14.5. The minimum absolute atomic E-state index is 0.251. The number of nitrogens with zero attached hydrogens (tertiary/aromatic N) is 2. The summed E-state index contributed by atoms with van der Waals surface area (Å²) in [6, 6.07) is 11.1. The van der Waals surface area contributed by atoms with Crippen LogP contribution in [0.25, 0.3) is 0 Å². The Morgan fingerprint density at radius 1 is 0.955 bits per heavy atom. The summed E-state index contributed by atoms with van der Waals surface area (Å²) < 4.78 is 0. The van der Waals surface area contributed by atoms with E-state index in [9.17, 15) is 0 Å². The van der Waals surface area contributed by atoms with E-state index in [0.717, 1.165) is 18.0 Å². The Morgan fingerprint density at radius 3 is 2.18 bits per heavy atom. The molecule has 5 rings (SSSR count). The molecule has 0 aromatic heterocycles. The first-order valence-corrected chi connectivity index (χ1v) is 9.00. The predicted molar refractivity (Wildman–Crippen MR) is 92.4 cm³/mol. The summed E-state index contributed by atoms with van der Waals surface area (Å²) in [7, 11) is 2.35. The Bertz CT molecular complexity index is 534. The van der Waals surface area contributed by atoms with E-state index in [0.29, 0.717) is 5.92 Å². The fourth-order valence-corrected chi connectivity index (χ4v) is 5.24. The van der Waals surface area contributed by atoms with Crippen LogP contribution in [-0.4, -0.2) is 48.6 Å². The Kier molecular flexibility index (Phi) is 3.39. The zero-order chi connectivity index (χ0) is 15.5. The van der Waals surface area contributed by atoms with Gasteiger partial charge < -0.3 is 4.90 Å². The Hall–Kier alpha value is -0.860. The van der Waals surface area contributed by atoms with Crippen molar-refractivity contribution in [1.82, 2.24) is 9.80 Å². The SMILES string of the molecule is CN1CC(c2ccc(C(C)(C)C)cc2)C2C1C1CCN2CC1. The van der Waals surface area contributed by atoms with Gasteiger partial charge in [0.1, 0.15) is 0 Å². The van der Waals surface area contributed by atoms with Gasteiger partial charge in [0.15, 0.2) is 0 Å². The molecule has 3 unspecified atom stereocenters. The van der Waals surface area contributed by atoms with Crippen LogP contribution in [-0.2, 0) is 5.41 Å². The average molecular weight is 298 g/mol. The van der Waals surface area contributed by atoms with Crippen molar-refractivity contribution in [1.29, 1.82) is 0 Å². The van der Waals surface area contributed by atoms with Gasteiger partial charge in [0.25, 0.3) is 0 Å². The highest BCUT2D eigenvalue weighted by Gasteiger charge is 2.51. The van der Waals surface area contributed by atoms with Gasteiger partial charge in [-0.1, -0.05) is 45.0 Å². The van der Waals surface area contributed by atoms with Crippen molar-refractivity contribution in [2.45, 2.75) is 57.0 Å². The zero-order valence-corrected chi connectivity index (χ0v) is 14.5. The van der Waals surface area contributed by atoms with Gasteiger partial charge in [-0.3, -0.25) is 4.90 Å². The number of benzene rings is 1. The molecule has 4 aliphatic heterocycles. The van der Waals surface area contributed by atoms with Crippen molar-refractivity contribution in [2.24, 2.45) is 5.92 Å². The van der Waals surface area contributed by atoms with Gasteiger partial charge >= 0.3 is 0 Å². The lowest BCUT2D eigenvalue weighted by molar-refractivity contribution is 0.000200. The summed E-state index contributed by atoms with van der Waals surface area (Å²) in [5.41, 5.74) is 3.26. The van der Waals surface area contributed by atoms with Crippen LogP contribution in [0.1, 0.15) is 50.7 Å². The summed E-state index contributed by atoms with van der Waals surface area (Å²) >= 11 is 0. The Morgan fingerprint density at radius 2 is 1.59 bits per heavy atom. The molecule has 1 aromatic carbocycles. The molecule has 0 saturated carbocycles. The van der Waals surface area contributed by atoms with Crippen LogP contribution in [0.5, 0.6) is 0 Å². The summed E-state index contributed by atoms with van der Waals surface area (Å²) in [5, 5.41) is 0. The second-order valence-corrected chi connectivity index (χ2v) is 8.77. The Balaban J connectivity index is 1.63. The second kappa shape index (κ2) is 5.07. The van der Waals surface area contributed by atoms with E-state index in [1.54, 1.807) is 5.56 Å². The molecule has 4 aliphatic rings. The number of hydrogen-bond acceptors (Lipinski definition) is 2. The molecule has 4 heterocycles. The summed E-state index contributed by atoms with van der Waals surface area (Å²) in [6.07, 6.45) is 2.84. The molecular formula is C20H30N2. The molecule has 2 nitrogen and oxygen atoms in total. The third-order valence-corrected chi connectivity index (χ3v) is 6.44. The van der Waals surface area contributed by atoms with Gasteiger partial charge in [0.2, 0.25) is 0 Å². The van der Waals surface area contributed by atoms with Crippen LogP contribution in [0, 0.1) is 5.92 Å². The first-order valence-electron chi connectivity index (χ1n) is 9.00. The van der Waals surface area contributed by atoms with Crippen LogP contribution in [0.15, 0.2) is 24.3 Å². The summed E-state index contributed by atoms with van der Waals surface area (Å²) in [5.74, 6) is 1.64. The van der Waals surface area contributed by atoms with Crippen molar-refractivity contribution in [3.8, 4) is 0 Å². The lowest BCUT2D eigenvalue weighted by Crippen LogP contribution is -2.59. The quantitative estimate of drug-likeness (QED) is 0.783. The molecule has 120 valence electrons. The molecule has 1 aromatic rings. The van der Waals surface area contributed by atoms with E-state index in [2.05, 4.69) is 61.9 Å². The minimum atomic E-state index is 0.251. The van der Waals surface area contributed by atoms with Crippen molar-refractivity contribution < 1.29 is 0 Å². The third kappa shape index (κ3) is 2.23. The van der Waals surface area contributed by atoms with E-state index in [4.69, 9.17) is 0 Å². The molecule has 0 radical (unpaired) electrons. The fourth-order valence-electron chi connectivity index (χ4n) is 5.24. The summed E-state index contributed by atoms with van der Waals surface area (Å²) in [6.45, 7) is 10.8. The minimum Gasteiger partial charge on any atom is -0.301 e. The van der Waals surface area contributed by atoms with Crippen LogP contribution in [0.3, 0.4) is 0 Å². The number of likely N-dealkylation sites (N-methyl/N-ethyl adjacent to an activating group) is 1. The van der Waals surface area contributed by atoms with E-state index in [1.807, 2.05) is 0 Å². The molecule has 0 amide bonds. The molecule has 3 atom stereocenters. The molecule has 0 aliphatic carbocycles. The first-order chi connectivity index (χ1) is 10.4. The smallest absolute Gasteiger partial charge is 0.0335 e.